The Kier molecular flexibility index (Phi) is 3.34. The minimum absolute atomic E-state index is 0. The van der Waals surface area contributed by atoms with Crippen LogP contribution < -0.4 is 5.73 Å². The largest absolute Gasteiger partial charge is 0.339 e. The smallest absolute Gasteiger partial charge is 0.227 e. The summed E-state index contributed by atoms with van der Waals surface area (Å²) in [6.45, 7) is 0. The fourth-order valence-corrected chi connectivity index (χ4v) is 4.17. The van der Waals surface area contributed by atoms with Crippen molar-refractivity contribution in [2.45, 2.75) is 56.9 Å². The third-order valence-corrected chi connectivity index (χ3v) is 5.48. The van der Waals surface area contributed by atoms with Crippen LogP contribution >= 0.6 is 12.4 Å². The normalized spacial score (nSPS) is 34.9. The molecule has 106 valence electrons. The Balaban J connectivity index is 0.00000110. The molecule has 3 saturated carbocycles. The van der Waals surface area contributed by atoms with Crippen molar-refractivity contribution >= 4 is 12.4 Å². The van der Waals surface area contributed by atoms with Crippen molar-refractivity contribution < 1.29 is 4.52 Å². The predicted molar refractivity (Wildman–Crippen MR) is 73.9 cm³/mol. The van der Waals surface area contributed by atoms with Crippen LogP contribution in [0, 0.1) is 17.8 Å². The topological polar surface area (TPSA) is 64.9 Å². The summed E-state index contributed by atoms with van der Waals surface area (Å²) in [5.41, 5.74) is 5.94. The molecular weight excluding hydrogens is 262 g/mol. The highest BCUT2D eigenvalue weighted by molar-refractivity contribution is 5.85. The fraction of sp³-hybridized carbons (Fsp3) is 0.857. The number of nitrogens with two attached hydrogens (primary N) is 1. The molecular formula is C14H22ClN3O. The zero-order valence-corrected chi connectivity index (χ0v) is 12.0. The summed E-state index contributed by atoms with van der Waals surface area (Å²) in [5.74, 6) is 4.24. The molecule has 5 heteroatoms. The summed E-state index contributed by atoms with van der Waals surface area (Å²) in [6.07, 6.45) is 9.83. The molecule has 3 aliphatic rings. The number of halogens is 1. The molecule has 0 aromatic carbocycles. The summed E-state index contributed by atoms with van der Waals surface area (Å²) in [7, 11) is 0. The highest BCUT2D eigenvalue weighted by Crippen LogP contribution is 2.49. The third kappa shape index (κ3) is 2.19. The Morgan fingerprint density at radius 3 is 2.68 bits per heavy atom. The van der Waals surface area contributed by atoms with Gasteiger partial charge in [-0.1, -0.05) is 11.6 Å². The summed E-state index contributed by atoms with van der Waals surface area (Å²) in [5, 5.41) is 4.10. The van der Waals surface area contributed by atoms with Gasteiger partial charge in [0.1, 0.15) is 0 Å². The molecule has 0 saturated heterocycles. The van der Waals surface area contributed by atoms with E-state index >= 15 is 0 Å². The highest BCUT2D eigenvalue weighted by Gasteiger charge is 2.41. The third-order valence-electron chi connectivity index (χ3n) is 5.48. The van der Waals surface area contributed by atoms with Gasteiger partial charge in [-0.3, -0.25) is 0 Å². The van der Waals surface area contributed by atoms with Crippen LogP contribution in [0.15, 0.2) is 4.52 Å². The molecule has 2 bridgehead atoms. The fourth-order valence-electron chi connectivity index (χ4n) is 4.17. The van der Waals surface area contributed by atoms with Gasteiger partial charge in [0.15, 0.2) is 5.82 Å². The average Bonchev–Trinajstić information content (AvgIpc) is 3.01. The Hall–Kier alpha value is -0.610. The lowest BCUT2D eigenvalue weighted by Crippen LogP contribution is -2.44. The first-order valence-corrected chi connectivity index (χ1v) is 7.35. The van der Waals surface area contributed by atoms with Crippen molar-refractivity contribution in [2.24, 2.45) is 23.5 Å². The second-order valence-electron chi connectivity index (χ2n) is 6.66. The summed E-state index contributed by atoms with van der Waals surface area (Å²) < 4.78 is 5.42. The molecule has 0 amide bonds. The first kappa shape index (κ1) is 13.4. The van der Waals surface area contributed by atoms with Crippen LogP contribution in [0.2, 0.25) is 0 Å². The SMILES string of the molecule is Cl.NC1(c2noc(CC3CC4CCC3C4)n2)CCC1. The van der Waals surface area contributed by atoms with Gasteiger partial charge in [-0.05, 0) is 56.3 Å². The number of hydrogen-bond acceptors (Lipinski definition) is 4. The number of nitrogens with zero attached hydrogens (tertiary/aromatic N) is 2. The van der Waals surface area contributed by atoms with E-state index in [2.05, 4.69) is 10.1 Å². The second-order valence-corrected chi connectivity index (χ2v) is 6.66. The number of fused-ring (bicyclic) bond motifs is 2. The monoisotopic (exact) mass is 283 g/mol. The second kappa shape index (κ2) is 4.74. The van der Waals surface area contributed by atoms with Gasteiger partial charge in [-0.25, -0.2) is 0 Å². The van der Waals surface area contributed by atoms with E-state index in [4.69, 9.17) is 10.3 Å². The Morgan fingerprint density at radius 1 is 1.26 bits per heavy atom. The van der Waals surface area contributed by atoms with Crippen molar-refractivity contribution in [3.8, 4) is 0 Å². The first-order chi connectivity index (χ1) is 8.73. The van der Waals surface area contributed by atoms with E-state index in [9.17, 15) is 0 Å². The van der Waals surface area contributed by atoms with E-state index in [0.29, 0.717) is 0 Å². The molecule has 0 aliphatic heterocycles. The minimum Gasteiger partial charge on any atom is -0.339 e. The van der Waals surface area contributed by atoms with E-state index in [1.165, 1.54) is 32.1 Å². The summed E-state index contributed by atoms with van der Waals surface area (Å²) >= 11 is 0. The van der Waals surface area contributed by atoms with Gasteiger partial charge in [-0.2, -0.15) is 4.98 Å². The Bertz CT molecular complexity index is 457. The van der Waals surface area contributed by atoms with Crippen LogP contribution in [0.5, 0.6) is 0 Å². The molecule has 3 atom stereocenters. The van der Waals surface area contributed by atoms with Gasteiger partial charge >= 0.3 is 0 Å². The van der Waals surface area contributed by atoms with Crippen molar-refractivity contribution in [3.63, 3.8) is 0 Å². The Morgan fingerprint density at radius 2 is 2.11 bits per heavy atom. The number of hydrogen-bond donors (Lipinski definition) is 1. The van der Waals surface area contributed by atoms with Crippen molar-refractivity contribution in [2.75, 3.05) is 0 Å². The van der Waals surface area contributed by atoms with Gasteiger partial charge in [0.05, 0.1) is 5.54 Å². The molecule has 1 aromatic heterocycles. The van der Waals surface area contributed by atoms with Gasteiger partial charge in [0.25, 0.3) is 0 Å². The van der Waals surface area contributed by atoms with E-state index in [0.717, 1.165) is 48.7 Å². The molecule has 3 aliphatic carbocycles. The highest BCUT2D eigenvalue weighted by atomic mass is 35.5. The molecule has 4 rings (SSSR count). The number of rotatable bonds is 3. The maximum Gasteiger partial charge on any atom is 0.227 e. The van der Waals surface area contributed by atoms with Crippen LogP contribution in [-0.2, 0) is 12.0 Å². The minimum atomic E-state index is -0.281. The predicted octanol–water partition coefficient (Wildman–Crippen LogP) is 2.81. The van der Waals surface area contributed by atoms with Crippen LogP contribution in [-0.4, -0.2) is 10.1 Å². The number of aromatic nitrogens is 2. The lowest BCUT2D eigenvalue weighted by Gasteiger charge is -2.34. The molecule has 4 nitrogen and oxygen atoms in total. The maximum absolute atomic E-state index is 6.22. The van der Waals surface area contributed by atoms with E-state index in [1.807, 2.05) is 0 Å². The van der Waals surface area contributed by atoms with Crippen LogP contribution in [0.1, 0.15) is 56.7 Å². The summed E-state index contributed by atoms with van der Waals surface area (Å²) in [4.78, 5) is 4.55. The van der Waals surface area contributed by atoms with E-state index in [1.54, 1.807) is 0 Å². The summed E-state index contributed by atoms with van der Waals surface area (Å²) in [6, 6.07) is 0. The molecule has 3 unspecified atom stereocenters. The molecule has 0 radical (unpaired) electrons. The Labute approximate surface area is 119 Å². The van der Waals surface area contributed by atoms with Gasteiger partial charge in [-0.15, -0.1) is 12.4 Å². The van der Waals surface area contributed by atoms with Gasteiger partial charge in [0, 0.05) is 6.42 Å². The van der Waals surface area contributed by atoms with Crippen molar-refractivity contribution in [1.82, 2.24) is 10.1 Å². The van der Waals surface area contributed by atoms with Gasteiger partial charge < -0.3 is 10.3 Å². The first-order valence-electron chi connectivity index (χ1n) is 7.35. The molecule has 3 fully saturated rings. The standard InChI is InChI=1S/C14H21N3O.ClH/c15-14(4-1-5-14)13-16-12(18-17-13)8-11-7-9-2-3-10(11)6-9;/h9-11H,1-8,15H2;1H. The molecule has 19 heavy (non-hydrogen) atoms. The lowest BCUT2D eigenvalue weighted by atomic mass is 9.77. The maximum atomic E-state index is 6.22. The quantitative estimate of drug-likeness (QED) is 0.926. The zero-order chi connectivity index (χ0) is 12.2. The van der Waals surface area contributed by atoms with Gasteiger partial charge in [0.2, 0.25) is 5.89 Å². The molecule has 1 heterocycles. The van der Waals surface area contributed by atoms with Crippen LogP contribution in [0.3, 0.4) is 0 Å². The van der Waals surface area contributed by atoms with Crippen LogP contribution in [0.25, 0.3) is 0 Å². The van der Waals surface area contributed by atoms with Crippen molar-refractivity contribution in [3.05, 3.63) is 11.7 Å². The lowest BCUT2D eigenvalue weighted by molar-refractivity contribution is 0.228. The molecule has 1 aromatic rings. The molecule has 2 N–H and O–H groups in total. The van der Waals surface area contributed by atoms with E-state index in [-0.39, 0.29) is 17.9 Å². The molecule has 0 spiro atoms. The average molecular weight is 284 g/mol. The zero-order valence-electron chi connectivity index (χ0n) is 11.2. The van der Waals surface area contributed by atoms with Crippen LogP contribution in [0.4, 0.5) is 0 Å². The van der Waals surface area contributed by atoms with Crippen molar-refractivity contribution in [1.29, 1.82) is 0 Å². The van der Waals surface area contributed by atoms with E-state index < -0.39 is 0 Å².